The zero-order valence-electron chi connectivity index (χ0n) is 13.6. The fourth-order valence-corrected chi connectivity index (χ4v) is 4.12. The Kier molecular flexibility index (Phi) is 5.30. The van der Waals surface area contributed by atoms with Gasteiger partial charge in [-0.15, -0.1) is 0 Å². The second-order valence-electron chi connectivity index (χ2n) is 6.77. The van der Waals surface area contributed by atoms with Gasteiger partial charge in [-0.05, 0) is 76.7 Å². The lowest BCUT2D eigenvalue weighted by atomic mass is 9.90. The zero-order chi connectivity index (χ0) is 13.9. The summed E-state index contributed by atoms with van der Waals surface area (Å²) in [6.45, 7) is 11.8. The van der Waals surface area contributed by atoms with Crippen LogP contribution in [0.25, 0.3) is 0 Å². The summed E-state index contributed by atoms with van der Waals surface area (Å²) >= 11 is 0. The average Bonchev–Trinajstić information content (AvgIpc) is 3.19. The van der Waals surface area contributed by atoms with Crippen LogP contribution in [0, 0.1) is 11.3 Å². The molecule has 2 heterocycles. The van der Waals surface area contributed by atoms with E-state index in [4.69, 9.17) is 0 Å². The molecule has 3 rings (SSSR count). The van der Waals surface area contributed by atoms with Crippen LogP contribution in [0.2, 0.25) is 0 Å². The molecule has 0 aromatic heterocycles. The molecule has 0 bridgehead atoms. The maximum atomic E-state index is 2.83. The van der Waals surface area contributed by atoms with Crippen LogP contribution in [-0.2, 0) is 0 Å². The highest BCUT2D eigenvalue weighted by Gasteiger charge is 2.57. The number of likely N-dealkylation sites (tertiary alicyclic amines) is 2. The molecule has 1 saturated carbocycles. The van der Waals surface area contributed by atoms with E-state index in [0.29, 0.717) is 0 Å². The summed E-state index contributed by atoms with van der Waals surface area (Å²) in [4.78, 5) is 5.33. The van der Waals surface area contributed by atoms with Gasteiger partial charge in [0.05, 0.1) is 0 Å². The van der Waals surface area contributed by atoms with Crippen LogP contribution in [0.5, 0.6) is 0 Å². The summed E-state index contributed by atoms with van der Waals surface area (Å²) in [7, 11) is 2.27. The van der Waals surface area contributed by atoms with E-state index >= 15 is 0 Å². The molecule has 2 heteroatoms. The molecule has 112 valence electrons. The van der Waals surface area contributed by atoms with Gasteiger partial charge in [-0.1, -0.05) is 27.2 Å². The van der Waals surface area contributed by atoms with E-state index in [1.165, 1.54) is 64.7 Å². The summed E-state index contributed by atoms with van der Waals surface area (Å²) in [5.41, 5.74) is 0.756. The molecule has 2 saturated heterocycles. The SMILES string of the molecule is CC.CCC1CCN(C2CC23CCN(C)CC3)CC1. The maximum Gasteiger partial charge on any atom is 0.0159 e. The van der Waals surface area contributed by atoms with Gasteiger partial charge < -0.3 is 4.90 Å². The molecule has 0 radical (unpaired) electrons. The summed E-state index contributed by atoms with van der Waals surface area (Å²) in [5.74, 6) is 1.03. The topological polar surface area (TPSA) is 6.48 Å². The predicted octanol–water partition coefficient (Wildman–Crippen LogP) is 3.62. The van der Waals surface area contributed by atoms with Crippen molar-refractivity contribution in [2.45, 2.75) is 65.3 Å². The van der Waals surface area contributed by atoms with Crippen LogP contribution >= 0.6 is 0 Å². The minimum absolute atomic E-state index is 0.756. The second kappa shape index (κ2) is 6.58. The van der Waals surface area contributed by atoms with Crippen molar-refractivity contribution in [2.75, 3.05) is 33.2 Å². The zero-order valence-corrected chi connectivity index (χ0v) is 13.6. The van der Waals surface area contributed by atoms with E-state index < -0.39 is 0 Å². The third kappa shape index (κ3) is 3.33. The Morgan fingerprint density at radius 1 is 1.00 bits per heavy atom. The molecule has 2 nitrogen and oxygen atoms in total. The Balaban J connectivity index is 0.000000637. The summed E-state index contributed by atoms with van der Waals surface area (Å²) < 4.78 is 0. The Morgan fingerprint density at radius 2 is 1.58 bits per heavy atom. The van der Waals surface area contributed by atoms with E-state index in [1.807, 2.05) is 13.8 Å². The molecule has 1 aliphatic carbocycles. The highest BCUT2D eigenvalue weighted by atomic mass is 15.2. The van der Waals surface area contributed by atoms with Crippen molar-refractivity contribution in [1.82, 2.24) is 9.80 Å². The van der Waals surface area contributed by atoms with Crippen LogP contribution in [0.3, 0.4) is 0 Å². The van der Waals surface area contributed by atoms with Crippen LogP contribution in [0.1, 0.15) is 59.3 Å². The number of nitrogens with zero attached hydrogens (tertiary/aromatic N) is 2. The Hall–Kier alpha value is -0.0800. The van der Waals surface area contributed by atoms with Crippen molar-refractivity contribution in [3.05, 3.63) is 0 Å². The van der Waals surface area contributed by atoms with Crippen molar-refractivity contribution in [3.63, 3.8) is 0 Å². The first-order valence-corrected chi connectivity index (χ1v) is 8.66. The molecule has 2 aliphatic heterocycles. The van der Waals surface area contributed by atoms with Gasteiger partial charge in [-0.2, -0.15) is 0 Å². The van der Waals surface area contributed by atoms with Crippen LogP contribution < -0.4 is 0 Å². The van der Waals surface area contributed by atoms with Gasteiger partial charge in [0.2, 0.25) is 0 Å². The van der Waals surface area contributed by atoms with Crippen molar-refractivity contribution in [1.29, 1.82) is 0 Å². The first-order valence-electron chi connectivity index (χ1n) is 8.66. The highest BCUT2D eigenvalue weighted by Crippen LogP contribution is 2.57. The normalized spacial score (nSPS) is 31.9. The molecular weight excluding hydrogens is 232 g/mol. The fourth-order valence-electron chi connectivity index (χ4n) is 4.12. The monoisotopic (exact) mass is 266 g/mol. The first kappa shape index (κ1) is 15.3. The molecular formula is C17H34N2. The van der Waals surface area contributed by atoms with Gasteiger partial charge in [0.1, 0.15) is 0 Å². The standard InChI is InChI=1S/C15H28N2.C2H6/c1-3-13-4-8-17(9-5-13)14-12-15(14)6-10-16(2)11-7-15;1-2/h13-14H,3-12H2,1-2H3;1-2H3. The van der Waals surface area contributed by atoms with Gasteiger partial charge in [-0.3, -0.25) is 4.90 Å². The van der Waals surface area contributed by atoms with Gasteiger partial charge in [0.15, 0.2) is 0 Å². The van der Waals surface area contributed by atoms with E-state index in [1.54, 1.807) is 0 Å². The summed E-state index contributed by atoms with van der Waals surface area (Å²) in [5, 5.41) is 0. The molecule has 3 fully saturated rings. The van der Waals surface area contributed by atoms with Crippen LogP contribution in [0.15, 0.2) is 0 Å². The number of hydrogen-bond acceptors (Lipinski definition) is 2. The lowest BCUT2D eigenvalue weighted by Gasteiger charge is -2.36. The average molecular weight is 266 g/mol. The molecule has 1 spiro atoms. The van der Waals surface area contributed by atoms with Crippen molar-refractivity contribution in [3.8, 4) is 0 Å². The molecule has 0 aromatic carbocycles. The Morgan fingerprint density at radius 3 is 2.11 bits per heavy atom. The molecule has 19 heavy (non-hydrogen) atoms. The minimum atomic E-state index is 0.756. The maximum absolute atomic E-state index is 2.83. The Bertz CT molecular complexity index is 260. The van der Waals surface area contributed by atoms with E-state index in [-0.39, 0.29) is 0 Å². The number of rotatable bonds is 2. The van der Waals surface area contributed by atoms with Crippen molar-refractivity contribution in [2.24, 2.45) is 11.3 Å². The van der Waals surface area contributed by atoms with Gasteiger partial charge in [0.25, 0.3) is 0 Å². The minimum Gasteiger partial charge on any atom is -0.306 e. The van der Waals surface area contributed by atoms with E-state index in [0.717, 1.165) is 17.4 Å². The quantitative estimate of drug-likeness (QED) is 0.753. The second-order valence-corrected chi connectivity index (χ2v) is 6.77. The lowest BCUT2D eigenvalue weighted by molar-refractivity contribution is 0.124. The number of hydrogen-bond donors (Lipinski definition) is 0. The molecule has 1 atom stereocenters. The molecule has 1 unspecified atom stereocenters. The summed E-state index contributed by atoms with van der Waals surface area (Å²) in [6, 6.07) is 0.967. The highest BCUT2D eigenvalue weighted by molar-refractivity contribution is 5.10. The van der Waals surface area contributed by atoms with E-state index in [2.05, 4.69) is 23.8 Å². The number of piperidine rings is 2. The largest absolute Gasteiger partial charge is 0.306 e. The third-order valence-electron chi connectivity index (χ3n) is 5.80. The molecule has 0 amide bonds. The van der Waals surface area contributed by atoms with E-state index in [9.17, 15) is 0 Å². The van der Waals surface area contributed by atoms with Gasteiger partial charge in [0, 0.05) is 6.04 Å². The Labute approximate surface area is 120 Å². The van der Waals surface area contributed by atoms with Crippen molar-refractivity contribution >= 4 is 0 Å². The van der Waals surface area contributed by atoms with Crippen molar-refractivity contribution < 1.29 is 0 Å². The van der Waals surface area contributed by atoms with Gasteiger partial charge >= 0.3 is 0 Å². The third-order valence-corrected chi connectivity index (χ3v) is 5.80. The smallest absolute Gasteiger partial charge is 0.0159 e. The van der Waals surface area contributed by atoms with Gasteiger partial charge in [-0.25, -0.2) is 0 Å². The first-order chi connectivity index (χ1) is 9.23. The molecule has 3 aliphatic rings. The van der Waals surface area contributed by atoms with Crippen LogP contribution in [-0.4, -0.2) is 49.1 Å². The molecule has 0 N–H and O–H groups in total. The predicted molar refractivity (Wildman–Crippen MR) is 83.5 cm³/mol. The lowest BCUT2D eigenvalue weighted by Crippen LogP contribution is -2.40. The summed E-state index contributed by atoms with van der Waals surface area (Å²) in [6.07, 6.45) is 8.75. The van der Waals surface area contributed by atoms with Crippen LogP contribution in [0.4, 0.5) is 0 Å². The molecule has 0 aromatic rings. The fraction of sp³-hybridized carbons (Fsp3) is 1.00.